The fourth-order valence-corrected chi connectivity index (χ4v) is 7.10. The highest BCUT2D eigenvalue weighted by Gasteiger charge is 2.44. The highest BCUT2D eigenvalue weighted by molar-refractivity contribution is 7.13. The number of likely N-dealkylation sites (tertiary alicyclic amines) is 1. The van der Waals surface area contributed by atoms with Gasteiger partial charge in [0.2, 0.25) is 17.7 Å². The summed E-state index contributed by atoms with van der Waals surface area (Å²) in [5.41, 5.74) is 4.41. The third kappa shape index (κ3) is 14.7. The lowest BCUT2D eigenvalue weighted by atomic mass is 9.85. The van der Waals surface area contributed by atoms with Gasteiger partial charge in [-0.3, -0.25) is 14.4 Å². The Hall–Kier alpha value is -4.57. The Morgan fingerprint density at radius 1 is 0.914 bits per heavy atom. The maximum atomic E-state index is 13.9. The number of rotatable bonds is 19. The molecule has 2 aromatic carbocycles. The summed E-state index contributed by atoms with van der Waals surface area (Å²) in [6, 6.07) is 13.4. The van der Waals surface area contributed by atoms with E-state index >= 15 is 0 Å². The van der Waals surface area contributed by atoms with Crippen molar-refractivity contribution in [1.82, 2.24) is 25.8 Å². The maximum absolute atomic E-state index is 13.9. The van der Waals surface area contributed by atoms with E-state index < -0.39 is 47.1 Å². The van der Waals surface area contributed by atoms with Gasteiger partial charge in [0.25, 0.3) is 0 Å². The molecule has 4 rings (SSSR count). The molecular formula is C43H61N5O9S. The lowest BCUT2D eigenvalue weighted by molar-refractivity contribution is -0.144. The van der Waals surface area contributed by atoms with Crippen LogP contribution in [0.15, 0.2) is 54.0 Å². The molecule has 4 amide bonds. The number of aliphatic hydroxyl groups is 1. The van der Waals surface area contributed by atoms with Crippen LogP contribution in [0.3, 0.4) is 0 Å². The second-order valence-electron chi connectivity index (χ2n) is 16.6. The summed E-state index contributed by atoms with van der Waals surface area (Å²) in [4.78, 5) is 59.0. The van der Waals surface area contributed by atoms with Gasteiger partial charge in [-0.15, -0.1) is 11.3 Å². The monoisotopic (exact) mass is 823 g/mol. The Morgan fingerprint density at radius 2 is 1.57 bits per heavy atom. The smallest absolute Gasteiger partial charge is 0.408 e. The van der Waals surface area contributed by atoms with Gasteiger partial charge in [-0.2, -0.15) is 0 Å². The van der Waals surface area contributed by atoms with Crippen LogP contribution in [0.1, 0.15) is 90.6 Å². The zero-order valence-corrected chi connectivity index (χ0v) is 35.9. The number of aromatic nitrogens is 1. The lowest BCUT2D eigenvalue weighted by Crippen LogP contribution is -2.58. The fraction of sp³-hybridized carbons (Fsp3) is 0.558. The van der Waals surface area contributed by atoms with Gasteiger partial charge in [-0.1, -0.05) is 57.2 Å². The Labute approximate surface area is 346 Å². The first-order valence-electron chi connectivity index (χ1n) is 19.8. The molecule has 0 unspecified atom stereocenters. The van der Waals surface area contributed by atoms with Crippen molar-refractivity contribution in [3.63, 3.8) is 0 Å². The summed E-state index contributed by atoms with van der Waals surface area (Å²) >= 11 is 1.57. The Kier molecular flexibility index (Phi) is 17.0. The number of nitrogens with zero attached hydrogens (tertiary/aromatic N) is 2. The van der Waals surface area contributed by atoms with E-state index in [9.17, 15) is 24.3 Å². The van der Waals surface area contributed by atoms with E-state index in [-0.39, 0.29) is 38.1 Å². The van der Waals surface area contributed by atoms with Crippen LogP contribution in [0.5, 0.6) is 5.75 Å². The van der Waals surface area contributed by atoms with Crippen molar-refractivity contribution < 1.29 is 43.2 Å². The van der Waals surface area contributed by atoms with Gasteiger partial charge in [-0.05, 0) is 75.3 Å². The van der Waals surface area contributed by atoms with Crippen molar-refractivity contribution in [2.45, 2.75) is 111 Å². The van der Waals surface area contributed by atoms with E-state index in [0.29, 0.717) is 39.3 Å². The first-order chi connectivity index (χ1) is 27.4. The molecule has 58 heavy (non-hydrogen) atoms. The average molecular weight is 824 g/mol. The van der Waals surface area contributed by atoms with Crippen LogP contribution in [-0.2, 0) is 35.1 Å². The number of ether oxygens (including phenoxy) is 4. The Bertz CT molecular complexity index is 1790. The van der Waals surface area contributed by atoms with Gasteiger partial charge < -0.3 is 44.9 Å². The molecule has 1 aliphatic heterocycles. The third-order valence-electron chi connectivity index (χ3n) is 9.34. The van der Waals surface area contributed by atoms with E-state index in [1.165, 1.54) is 4.90 Å². The number of hydrogen-bond donors (Lipinski definition) is 4. The van der Waals surface area contributed by atoms with Crippen molar-refractivity contribution in [3.8, 4) is 16.2 Å². The fourth-order valence-electron chi connectivity index (χ4n) is 6.28. The molecule has 1 aliphatic rings. The number of hydrogen-bond acceptors (Lipinski definition) is 11. The van der Waals surface area contributed by atoms with Gasteiger partial charge in [0.05, 0.1) is 34.8 Å². The molecule has 0 spiro atoms. The maximum Gasteiger partial charge on any atom is 0.408 e. The number of carbonyl (C=O) groups is 4. The number of amides is 4. The van der Waals surface area contributed by atoms with Crippen LogP contribution in [-0.4, -0.2) is 102 Å². The second-order valence-corrected chi connectivity index (χ2v) is 17.5. The molecule has 3 aromatic rings. The molecule has 15 heteroatoms. The summed E-state index contributed by atoms with van der Waals surface area (Å²) in [5.74, 6) is -0.532. The number of aryl methyl sites for hydroxylation is 1. The van der Waals surface area contributed by atoms with Gasteiger partial charge in [0, 0.05) is 45.8 Å². The molecule has 4 atom stereocenters. The summed E-state index contributed by atoms with van der Waals surface area (Å²) in [7, 11) is 0. The zero-order chi connectivity index (χ0) is 42.5. The second kappa shape index (κ2) is 21.4. The molecule has 0 bridgehead atoms. The minimum atomic E-state index is -0.944. The van der Waals surface area contributed by atoms with E-state index in [1.54, 1.807) is 11.3 Å². The molecule has 1 saturated heterocycles. The topological polar surface area (TPSA) is 178 Å². The molecule has 0 radical (unpaired) electrons. The summed E-state index contributed by atoms with van der Waals surface area (Å²) in [6.07, 6.45) is 0.0367. The third-order valence-corrected chi connectivity index (χ3v) is 10.3. The van der Waals surface area contributed by atoms with Gasteiger partial charge in [-0.25, -0.2) is 9.78 Å². The molecular weight excluding hydrogens is 763 g/mol. The molecule has 1 fully saturated rings. The molecule has 318 valence electrons. The molecule has 2 heterocycles. The summed E-state index contributed by atoms with van der Waals surface area (Å²) in [5, 5.41) is 19.1. The van der Waals surface area contributed by atoms with Crippen LogP contribution < -0.4 is 20.7 Å². The van der Waals surface area contributed by atoms with Crippen LogP contribution in [0.4, 0.5) is 4.79 Å². The number of benzene rings is 2. The van der Waals surface area contributed by atoms with E-state index in [4.69, 9.17) is 18.9 Å². The number of aliphatic hydroxyl groups excluding tert-OH is 1. The minimum Gasteiger partial charge on any atom is -0.494 e. The average Bonchev–Trinajstić information content (AvgIpc) is 3.77. The Morgan fingerprint density at radius 3 is 2.19 bits per heavy atom. The van der Waals surface area contributed by atoms with E-state index in [1.807, 2.05) is 109 Å². The normalized spacial score (nSPS) is 16.7. The standard InChI is InChI=1S/C43H61N5O9S/c1-28(46-41(53)57-43(6,7)8)31-15-17-34(18-16-31)56-22-10-20-54-19-9-21-55-26-36(50)47-38(42(3,4)5)40(52)48-25-33(49)23-35(48)39(51)44-24-30-11-13-32(14-12-30)37-29(2)45-27-58-37/h11-18,27-28,33,35,38,49H,9-10,19-26H2,1-8H3,(H,44,51)(H,46,53)(H,47,50)/t28-,33+,35-,38+/m0/s1. The quantitative estimate of drug-likeness (QED) is 0.110. The van der Waals surface area contributed by atoms with Crippen molar-refractivity contribution in [1.29, 1.82) is 0 Å². The van der Waals surface area contributed by atoms with E-state index in [0.717, 1.165) is 33.0 Å². The van der Waals surface area contributed by atoms with Crippen molar-refractivity contribution >= 4 is 35.2 Å². The van der Waals surface area contributed by atoms with Gasteiger partial charge in [0.1, 0.15) is 30.0 Å². The van der Waals surface area contributed by atoms with Crippen LogP contribution in [0, 0.1) is 12.3 Å². The molecule has 1 aromatic heterocycles. The number of nitrogens with one attached hydrogen (secondary N) is 3. The van der Waals surface area contributed by atoms with Crippen LogP contribution in [0.25, 0.3) is 10.4 Å². The zero-order valence-electron chi connectivity index (χ0n) is 35.1. The first kappa shape index (κ1) is 46.1. The SMILES string of the molecule is Cc1ncsc1-c1ccc(CNC(=O)[C@@H]2C[C@@H](O)CN2C(=O)[C@@H](NC(=O)COCCCOCCCOc2ccc([C@H](C)NC(=O)OC(C)(C)C)cc2)C(C)(C)C)cc1. The van der Waals surface area contributed by atoms with Crippen molar-refractivity contribution in [2.75, 3.05) is 39.6 Å². The minimum absolute atomic E-state index is 0.00598. The summed E-state index contributed by atoms with van der Waals surface area (Å²) < 4.78 is 22.4. The number of carbonyl (C=O) groups excluding carboxylic acids is 4. The van der Waals surface area contributed by atoms with E-state index in [2.05, 4.69) is 20.9 Å². The Balaban J connectivity index is 1.12. The number of β-amino-alcohol motifs (C(OH)–C–C–N with tert-alkyl or cyclic N) is 1. The molecule has 4 N–H and O–H groups in total. The predicted molar refractivity (Wildman–Crippen MR) is 222 cm³/mol. The number of alkyl carbamates (subject to hydrolysis) is 1. The largest absolute Gasteiger partial charge is 0.494 e. The van der Waals surface area contributed by atoms with Crippen LogP contribution in [0.2, 0.25) is 0 Å². The highest BCUT2D eigenvalue weighted by atomic mass is 32.1. The van der Waals surface area contributed by atoms with Crippen LogP contribution >= 0.6 is 11.3 Å². The van der Waals surface area contributed by atoms with Crippen molar-refractivity contribution in [2.24, 2.45) is 5.41 Å². The van der Waals surface area contributed by atoms with Crippen molar-refractivity contribution in [3.05, 3.63) is 70.9 Å². The number of thiazole rings is 1. The van der Waals surface area contributed by atoms with Gasteiger partial charge >= 0.3 is 6.09 Å². The highest BCUT2D eigenvalue weighted by Crippen LogP contribution is 2.28. The van der Waals surface area contributed by atoms with Gasteiger partial charge in [0.15, 0.2) is 0 Å². The predicted octanol–water partition coefficient (Wildman–Crippen LogP) is 5.71. The molecule has 0 aliphatic carbocycles. The molecule has 14 nitrogen and oxygen atoms in total. The summed E-state index contributed by atoms with van der Waals surface area (Å²) in [6.45, 7) is 16.5. The lowest BCUT2D eigenvalue weighted by Gasteiger charge is -2.35. The molecule has 0 saturated carbocycles. The first-order valence-corrected chi connectivity index (χ1v) is 20.7.